The maximum atomic E-state index is 11.9. The molecule has 0 aromatic heterocycles. The van der Waals surface area contributed by atoms with Crippen LogP contribution in [-0.4, -0.2) is 41.9 Å². The smallest absolute Gasteiger partial charge is 0.410 e. The molecule has 0 bridgehead atoms. The molecule has 0 aliphatic carbocycles. The predicted molar refractivity (Wildman–Crippen MR) is 75.8 cm³/mol. The average Bonchev–Trinajstić information content (AvgIpc) is 2.34. The Morgan fingerprint density at radius 3 is 2.42 bits per heavy atom. The van der Waals surface area contributed by atoms with Crippen molar-refractivity contribution < 1.29 is 9.53 Å². The zero-order valence-corrected chi connectivity index (χ0v) is 11.9. The molecule has 0 radical (unpaired) electrons. The Morgan fingerprint density at radius 2 is 1.95 bits per heavy atom. The third-order valence-electron chi connectivity index (χ3n) is 2.74. The number of likely N-dealkylation sites (tertiary alicyclic amines) is 1. The van der Waals surface area contributed by atoms with E-state index in [-0.39, 0.29) is 12.1 Å². The number of carbonyl (C=O) groups excluding carboxylic acids is 1. The molecule has 1 fully saturated rings. The van der Waals surface area contributed by atoms with E-state index in [9.17, 15) is 4.79 Å². The molecule has 108 valence electrons. The van der Waals surface area contributed by atoms with Crippen LogP contribution in [-0.2, 0) is 4.74 Å². The zero-order chi connectivity index (χ0) is 14.5. The number of rotatable bonds is 2. The molecule has 19 heavy (non-hydrogen) atoms. The number of amides is 1. The molecule has 0 aromatic carbocycles. The molecule has 0 atom stereocenters. The zero-order valence-electron chi connectivity index (χ0n) is 11.9. The first-order chi connectivity index (χ1) is 8.81. The number of hydrogen-bond acceptors (Lipinski definition) is 5. The van der Waals surface area contributed by atoms with Gasteiger partial charge in [0.15, 0.2) is 0 Å². The highest BCUT2D eigenvalue weighted by Gasteiger charge is 2.26. The molecule has 0 saturated carbocycles. The van der Waals surface area contributed by atoms with E-state index in [1.807, 2.05) is 20.8 Å². The fraction of sp³-hybridized carbons (Fsp3) is 0.692. The number of aliphatic imine (C=N–C) groups is 1. The first-order valence-corrected chi connectivity index (χ1v) is 6.50. The van der Waals surface area contributed by atoms with E-state index in [2.05, 4.69) is 4.99 Å². The van der Waals surface area contributed by atoms with Crippen molar-refractivity contribution in [3.63, 3.8) is 0 Å². The second-order valence-corrected chi connectivity index (χ2v) is 5.64. The molecular weight excluding hydrogens is 244 g/mol. The van der Waals surface area contributed by atoms with Gasteiger partial charge in [-0.3, -0.25) is 4.99 Å². The van der Waals surface area contributed by atoms with Crippen LogP contribution in [0.5, 0.6) is 0 Å². The minimum Gasteiger partial charge on any atom is -0.444 e. The van der Waals surface area contributed by atoms with Gasteiger partial charge in [0, 0.05) is 25.5 Å². The van der Waals surface area contributed by atoms with Crippen LogP contribution in [0.15, 0.2) is 16.9 Å². The van der Waals surface area contributed by atoms with Crippen LogP contribution in [0, 0.1) is 0 Å². The Kier molecular flexibility index (Phi) is 5.20. The predicted octanol–water partition coefficient (Wildman–Crippen LogP) is 1.22. The number of nitrogens with two attached hydrogens (primary N) is 2. The maximum Gasteiger partial charge on any atom is 0.410 e. The van der Waals surface area contributed by atoms with E-state index in [1.165, 1.54) is 6.20 Å². The fourth-order valence-corrected chi connectivity index (χ4v) is 1.76. The number of ether oxygens (including phenoxy) is 1. The maximum absolute atomic E-state index is 11.9. The summed E-state index contributed by atoms with van der Waals surface area (Å²) in [5.74, 6) is 0. The van der Waals surface area contributed by atoms with E-state index in [1.54, 1.807) is 11.1 Å². The molecule has 0 aromatic rings. The number of allylic oxidation sites excluding steroid dienone is 1. The van der Waals surface area contributed by atoms with Crippen molar-refractivity contribution in [2.75, 3.05) is 13.1 Å². The number of piperidine rings is 1. The van der Waals surface area contributed by atoms with Crippen LogP contribution in [0.3, 0.4) is 0 Å². The molecule has 4 N–H and O–H groups in total. The average molecular weight is 268 g/mol. The molecule has 1 aliphatic heterocycles. The van der Waals surface area contributed by atoms with Crippen LogP contribution >= 0.6 is 0 Å². The van der Waals surface area contributed by atoms with E-state index in [0.29, 0.717) is 18.8 Å². The van der Waals surface area contributed by atoms with Crippen molar-refractivity contribution in [2.45, 2.75) is 45.3 Å². The Bertz CT molecular complexity index is 363. The van der Waals surface area contributed by atoms with Gasteiger partial charge in [-0.2, -0.15) is 0 Å². The molecule has 1 aliphatic rings. The van der Waals surface area contributed by atoms with Gasteiger partial charge in [0.2, 0.25) is 0 Å². The van der Waals surface area contributed by atoms with E-state index in [4.69, 9.17) is 16.2 Å². The lowest BCUT2D eigenvalue weighted by molar-refractivity contribution is 0.0207. The Labute approximate surface area is 114 Å². The van der Waals surface area contributed by atoms with Gasteiger partial charge in [-0.25, -0.2) is 4.79 Å². The van der Waals surface area contributed by atoms with Crippen molar-refractivity contribution in [3.05, 3.63) is 11.9 Å². The topological polar surface area (TPSA) is 93.9 Å². The van der Waals surface area contributed by atoms with Crippen LogP contribution < -0.4 is 11.5 Å². The minimum atomic E-state index is -0.452. The Hall–Kier alpha value is -1.72. The lowest BCUT2D eigenvalue weighted by Crippen LogP contribution is -2.42. The van der Waals surface area contributed by atoms with Gasteiger partial charge in [-0.15, -0.1) is 0 Å². The van der Waals surface area contributed by atoms with Crippen LogP contribution in [0.25, 0.3) is 0 Å². The standard InChI is InChI=1S/C13H24N4O2/c1-13(2,3)19-12(18)17-6-4-11(5-7-17)16-9-10(15)8-14/h8-9,11H,4-7,14-15H2,1-3H3/b10-8+,16-9?. The largest absolute Gasteiger partial charge is 0.444 e. The number of nitrogens with zero attached hydrogens (tertiary/aromatic N) is 2. The summed E-state index contributed by atoms with van der Waals surface area (Å²) in [5, 5.41) is 0. The van der Waals surface area contributed by atoms with Crippen LogP contribution in [0.4, 0.5) is 4.79 Å². The summed E-state index contributed by atoms with van der Waals surface area (Å²) < 4.78 is 5.33. The quantitative estimate of drug-likeness (QED) is 0.736. The monoisotopic (exact) mass is 268 g/mol. The molecule has 1 rings (SSSR count). The van der Waals surface area contributed by atoms with Crippen molar-refractivity contribution in [2.24, 2.45) is 16.5 Å². The summed E-state index contributed by atoms with van der Waals surface area (Å²) in [6.45, 7) is 6.91. The van der Waals surface area contributed by atoms with Crippen molar-refractivity contribution in [3.8, 4) is 0 Å². The summed E-state index contributed by atoms with van der Waals surface area (Å²) in [6.07, 6.45) is 4.27. The van der Waals surface area contributed by atoms with Gasteiger partial charge in [0.05, 0.1) is 11.7 Å². The van der Waals surface area contributed by atoms with Crippen molar-refractivity contribution in [1.82, 2.24) is 4.90 Å². The van der Waals surface area contributed by atoms with E-state index in [0.717, 1.165) is 12.8 Å². The number of hydrogen-bond donors (Lipinski definition) is 2. The van der Waals surface area contributed by atoms with Gasteiger partial charge in [-0.1, -0.05) is 0 Å². The van der Waals surface area contributed by atoms with Gasteiger partial charge >= 0.3 is 6.09 Å². The summed E-state index contributed by atoms with van der Waals surface area (Å²) in [7, 11) is 0. The summed E-state index contributed by atoms with van der Waals surface area (Å²) in [4.78, 5) is 17.9. The summed E-state index contributed by atoms with van der Waals surface area (Å²) >= 11 is 0. The SMILES string of the molecule is CC(C)(C)OC(=O)N1CCC(N=C/C(N)=C\N)CC1. The first-order valence-electron chi connectivity index (χ1n) is 6.50. The van der Waals surface area contributed by atoms with Crippen molar-refractivity contribution >= 4 is 12.3 Å². The van der Waals surface area contributed by atoms with E-state index < -0.39 is 5.60 Å². The lowest BCUT2D eigenvalue weighted by Gasteiger charge is -2.32. The highest BCUT2D eigenvalue weighted by molar-refractivity contribution is 5.77. The summed E-state index contributed by atoms with van der Waals surface area (Å²) in [6, 6.07) is 0.192. The molecule has 1 saturated heterocycles. The Balaban J connectivity index is 2.41. The van der Waals surface area contributed by atoms with Crippen LogP contribution in [0.1, 0.15) is 33.6 Å². The van der Waals surface area contributed by atoms with Crippen LogP contribution in [0.2, 0.25) is 0 Å². The summed E-state index contributed by atoms with van der Waals surface area (Å²) in [5.41, 5.74) is 10.8. The van der Waals surface area contributed by atoms with Gasteiger partial charge < -0.3 is 21.1 Å². The number of carbonyl (C=O) groups is 1. The lowest BCUT2D eigenvalue weighted by atomic mass is 10.1. The molecule has 0 unspecified atom stereocenters. The molecule has 1 amide bonds. The molecule has 0 spiro atoms. The highest BCUT2D eigenvalue weighted by atomic mass is 16.6. The normalized spacial score (nSPS) is 18.9. The molecule has 6 nitrogen and oxygen atoms in total. The van der Waals surface area contributed by atoms with E-state index >= 15 is 0 Å². The minimum absolute atomic E-state index is 0.192. The van der Waals surface area contributed by atoms with Crippen molar-refractivity contribution in [1.29, 1.82) is 0 Å². The van der Waals surface area contributed by atoms with Gasteiger partial charge in [0.25, 0.3) is 0 Å². The van der Waals surface area contributed by atoms with Gasteiger partial charge in [-0.05, 0) is 33.6 Å². The molecule has 6 heteroatoms. The fourth-order valence-electron chi connectivity index (χ4n) is 1.76. The second-order valence-electron chi connectivity index (χ2n) is 5.64. The third-order valence-corrected chi connectivity index (χ3v) is 2.74. The second kappa shape index (κ2) is 6.45. The molecule has 1 heterocycles. The molecular formula is C13H24N4O2. The Morgan fingerprint density at radius 1 is 1.37 bits per heavy atom. The highest BCUT2D eigenvalue weighted by Crippen LogP contribution is 2.17. The third kappa shape index (κ3) is 5.63. The first kappa shape index (κ1) is 15.3. The van der Waals surface area contributed by atoms with Gasteiger partial charge in [0.1, 0.15) is 5.60 Å².